The Labute approximate surface area is 141 Å². The lowest BCUT2D eigenvalue weighted by Gasteiger charge is -2.62. The topological polar surface area (TPSA) is 69.4 Å². The summed E-state index contributed by atoms with van der Waals surface area (Å²) in [4.78, 5) is 22.5. The third-order valence-corrected chi connectivity index (χ3v) is 6.62. The van der Waals surface area contributed by atoms with Crippen LogP contribution in [0.5, 0.6) is 0 Å². The van der Waals surface area contributed by atoms with Crippen molar-refractivity contribution in [3.05, 3.63) is 39.9 Å². The van der Waals surface area contributed by atoms with Gasteiger partial charge in [0.15, 0.2) is 0 Å². The average Bonchev–Trinajstić information content (AvgIpc) is 2.53. The van der Waals surface area contributed by atoms with Crippen molar-refractivity contribution in [3.63, 3.8) is 0 Å². The van der Waals surface area contributed by atoms with Crippen LogP contribution in [0.2, 0.25) is 0 Å². The molecule has 4 aliphatic carbocycles. The first kappa shape index (κ1) is 15.6. The van der Waals surface area contributed by atoms with Crippen molar-refractivity contribution in [2.45, 2.75) is 50.4 Å². The average molecular weight is 329 g/mol. The maximum atomic E-state index is 12.0. The molecule has 5 nitrogen and oxygen atoms in total. The molecule has 0 spiro atoms. The normalized spacial score (nSPS) is 36.5. The number of nitro groups is 1. The van der Waals surface area contributed by atoms with Gasteiger partial charge in [0.2, 0.25) is 0 Å². The molecule has 128 valence electrons. The number of benzene rings is 1. The number of ether oxygens (including phenoxy) is 1. The Bertz CT molecular complexity index is 667. The Morgan fingerprint density at radius 1 is 1.21 bits per heavy atom. The van der Waals surface area contributed by atoms with Crippen LogP contribution in [0.3, 0.4) is 0 Å². The molecule has 0 saturated heterocycles. The molecule has 0 heterocycles. The second kappa shape index (κ2) is 5.30. The van der Waals surface area contributed by atoms with Crippen LogP contribution in [0.4, 0.5) is 5.69 Å². The van der Waals surface area contributed by atoms with Crippen LogP contribution < -0.4 is 0 Å². The molecule has 5 rings (SSSR count). The lowest BCUT2D eigenvalue weighted by atomic mass is 9.42. The Hall–Kier alpha value is -1.91. The Kier molecular flexibility index (Phi) is 3.44. The fourth-order valence-corrected chi connectivity index (χ4v) is 6.31. The van der Waals surface area contributed by atoms with E-state index < -0.39 is 0 Å². The second-order valence-corrected chi connectivity index (χ2v) is 8.30. The molecule has 0 amide bonds. The summed E-state index contributed by atoms with van der Waals surface area (Å²) in [6, 6.07) is 7.13. The van der Waals surface area contributed by atoms with Crippen LogP contribution in [-0.2, 0) is 14.9 Å². The minimum absolute atomic E-state index is 0.0684. The summed E-state index contributed by atoms with van der Waals surface area (Å²) in [5.74, 6) is 1.24. The summed E-state index contributed by atoms with van der Waals surface area (Å²) in [7, 11) is 1.47. The molecule has 0 radical (unpaired) electrons. The van der Waals surface area contributed by atoms with E-state index in [0.717, 1.165) is 32.1 Å². The van der Waals surface area contributed by atoms with Crippen molar-refractivity contribution in [2.24, 2.45) is 17.3 Å². The van der Waals surface area contributed by atoms with E-state index in [4.69, 9.17) is 4.74 Å². The molecule has 4 bridgehead atoms. The largest absolute Gasteiger partial charge is 0.469 e. The number of non-ortho nitro benzene ring substituents is 1. The molecule has 4 saturated carbocycles. The van der Waals surface area contributed by atoms with Gasteiger partial charge in [-0.1, -0.05) is 12.1 Å². The van der Waals surface area contributed by atoms with Gasteiger partial charge in [0.05, 0.1) is 18.5 Å². The van der Waals surface area contributed by atoms with Gasteiger partial charge in [-0.05, 0) is 66.8 Å². The van der Waals surface area contributed by atoms with E-state index in [0.29, 0.717) is 18.3 Å². The molecule has 0 N–H and O–H groups in total. The molecule has 1 aromatic carbocycles. The maximum Gasteiger partial charge on any atom is 0.306 e. The SMILES string of the molecule is COC(=O)CC12C[C@H]3C[C@H](C1)CC(c1ccc([N+](=O)[O-])cc1)(C3)C2. The maximum absolute atomic E-state index is 12.0. The first-order valence-electron chi connectivity index (χ1n) is 8.75. The van der Waals surface area contributed by atoms with Crippen LogP contribution in [0, 0.1) is 27.4 Å². The number of carbonyl (C=O) groups is 1. The number of rotatable bonds is 4. The van der Waals surface area contributed by atoms with E-state index in [1.807, 2.05) is 12.1 Å². The molecule has 4 aliphatic rings. The lowest BCUT2D eigenvalue weighted by Crippen LogP contribution is -2.54. The Balaban J connectivity index is 1.67. The quantitative estimate of drug-likeness (QED) is 0.476. The third kappa shape index (κ3) is 2.41. The minimum atomic E-state index is -0.345. The zero-order valence-corrected chi connectivity index (χ0v) is 14.0. The molecule has 4 fully saturated rings. The van der Waals surface area contributed by atoms with Gasteiger partial charge in [-0.3, -0.25) is 14.9 Å². The number of hydrogen-bond donors (Lipinski definition) is 0. The number of carbonyl (C=O) groups excluding carboxylic acids is 1. The first-order valence-corrected chi connectivity index (χ1v) is 8.75. The minimum Gasteiger partial charge on any atom is -0.469 e. The lowest BCUT2D eigenvalue weighted by molar-refractivity contribution is -0.384. The fourth-order valence-electron chi connectivity index (χ4n) is 6.31. The molecular formula is C19H23NO4. The molecule has 5 heteroatoms. The smallest absolute Gasteiger partial charge is 0.306 e. The standard InChI is InChI=1S/C19H23NO4/c1-24-17(21)11-18-7-13-6-14(8-18)10-19(9-13,12-18)15-2-4-16(5-3-15)20(22)23/h2-5,13-14H,6-12H2,1H3/t13-,14-,18?,19?/m1/s1. The zero-order chi connectivity index (χ0) is 16.9. The molecule has 0 aromatic heterocycles. The predicted octanol–water partition coefficient (Wildman–Crippen LogP) is 4.00. The zero-order valence-electron chi connectivity index (χ0n) is 14.0. The van der Waals surface area contributed by atoms with Crippen LogP contribution in [0.1, 0.15) is 50.5 Å². The molecule has 1 aromatic rings. The van der Waals surface area contributed by atoms with Gasteiger partial charge in [0.25, 0.3) is 5.69 Å². The van der Waals surface area contributed by atoms with E-state index >= 15 is 0 Å². The molecule has 2 atom stereocenters. The summed E-state index contributed by atoms with van der Waals surface area (Å²) in [6.45, 7) is 0. The summed E-state index contributed by atoms with van der Waals surface area (Å²) in [6.07, 6.45) is 7.39. The number of esters is 1. The van der Waals surface area contributed by atoms with E-state index in [-0.39, 0.29) is 27.4 Å². The van der Waals surface area contributed by atoms with Gasteiger partial charge in [-0.2, -0.15) is 0 Å². The van der Waals surface area contributed by atoms with Gasteiger partial charge < -0.3 is 4.74 Å². The van der Waals surface area contributed by atoms with Gasteiger partial charge >= 0.3 is 5.97 Å². The summed E-state index contributed by atoms with van der Waals surface area (Å²) < 4.78 is 4.96. The van der Waals surface area contributed by atoms with Crippen molar-refractivity contribution < 1.29 is 14.5 Å². The van der Waals surface area contributed by atoms with Crippen LogP contribution in [-0.4, -0.2) is 18.0 Å². The summed E-state index contributed by atoms with van der Waals surface area (Å²) in [5.41, 5.74) is 1.52. The molecule has 24 heavy (non-hydrogen) atoms. The van der Waals surface area contributed by atoms with Gasteiger partial charge in [0, 0.05) is 12.1 Å². The number of nitrogens with zero attached hydrogens (tertiary/aromatic N) is 1. The Morgan fingerprint density at radius 2 is 1.83 bits per heavy atom. The summed E-state index contributed by atoms with van der Waals surface area (Å²) >= 11 is 0. The van der Waals surface area contributed by atoms with E-state index in [2.05, 4.69) is 0 Å². The monoisotopic (exact) mass is 329 g/mol. The highest BCUT2D eigenvalue weighted by Gasteiger charge is 2.58. The molecular weight excluding hydrogens is 306 g/mol. The van der Waals surface area contributed by atoms with Crippen LogP contribution in [0.25, 0.3) is 0 Å². The first-order chi connectivity index (χ1) is 11.4. The second-order valence-electron chi connectivity index (χ2n) is 8.30. The summed E-state index contributed by atoms with van der Waals surface area (Å²) in [5, 5.41) is 10.9. The highest BCUT2D eigenvalue weighted by atomic mass is 16.6. The van der Waals surface area contributed by atoms with Crippen molar-refractivity contribution in [1.82, 2.24) is 0 Å². The van der Waals surface area contributed by atoms with Gasteiger partial charge in [-0.15, -0.1) is 0 Å². The molecule has 0 aliphatic heterocycles. The van der Waals surface area contributed by atoms with Crippen molar-refractivity contribution in [1.29, 1.82) is 0 Å². The van der Waals surface area contributed by atoms with E-state index in [1.165, 1.54) is 19.1 Å². The van der Waals surface area contributed by atoms with Crippen molar-refractivity contribution in [2.75, 3.05) is 7.11 Å². The third-order valence-electron chi connectivity index (χ3n) is 6.62. The molecule has 0 unspecified atom stereocenters. The highest BCUT2D eigenvalue weighted by molar-refractivity contribution is 5.70. The highest BCUT2D eigenvalue weighted by Crippen LogP contribution is 2.66. The van der Waals surface area contributed by atoms with Gasteiger partial charge in [-0.25, -0.2) is 0 Å². The van der Waals surface area contributed by atoms with Crippen molar-refractivity contribution >= 4 is 11.7 Å². The Morgan fingerprint density at radius 3 is 2.38 bits per heavy atom. The van der Waals surface area contributed by atoms with Crippen LogP contribution >= 0.6 is 0 Å². The number of hydrogen-bond acceptors (Lipinski definition) is 4. The number of methoxy groups -OCH3 is 1. The van der Waals surface area contributed by atoms with Crippen molar-refractivity contribution in [3.8, 4) is 0 Å². The fraction of sp³-hybridized carbons (Fsp3) is 0.632. The predicted molar refractivity (Wildman–Crippen MR) is 88.5 cm³/mol. The van der Waals surface area contributed by atoms with E-state index in [9.17, 15) is 14.9 Å². The number of nitro benzene ring substituents is 1. The van der Waals surface area contributed by atoms with E-state index in [1.54, 1.807) is 12.1 Å². The van der Waals surface area contributed by atoms with Gasteiger partial charge in [0.1, 0.15) is 0 Å². The van der Waals surface area contributed by atoms with Crippen LogP contribution in [0.15, 0.2) is 24.3 Å².